The molecular weight excluding hydrogens is 342 g/mol. The average molecular weight is 359 g/mol. The minimum absolute atomic E-state index is 0.147. The van der Waals surface area contributed by atoms with Gasteiger partial charge in [-0.2, -0.15) is 9.36 Å². The fourth-order valence-corrected chi connectivity index (χ4v) is 4.78. The minimum Gasteiger partial charge on any atom is -0.329 e. The summed E-state index contributed by atoms with van der Waals surface area (Å²) in [4.78, 5) is 19.4. The highest BCUT2D eigenvalue weighted by Crippen LogP contribution is 2.44. The number of carbonyl (C=O) groups excluding carboxylic acids is 1. The third kappa shape index (κ3) is 2.47. The normalized spacial score (nSPS) is 24.2. The Kier molecular flexibility index (Phi) is 3.68. The van der Waals surface area contributed by atoms with E-state index in [2.05, 4.69) is 33.5 Å². The molecular formula is C21H17N3OS. The first-order valence-corrected chi connectivity index (χ1v) is 9.53. The molecule has 3 aromatic rings. The van der Waals surface area contributed by atoms with Crippen molar-refractivity contribution < 1.29 is 4.79 Å². The van der Waals surface area contributed by atoms with Crippen LogP contribution in [0.4, 0.5) is 5.13 Å². The van der Waals surface area contributed by atoms with E-state index in [1.807, 2.05) is 42.5 Å². The zero-order chi connectivity index (χ0) is 17.5. The zero-order valence-electron chi connectivity index (χ0n) is 14.0. The minimum atomic E-state index is -0.147. The van der Waals surface area contributed by atoms with Crippen LogP contribution in [0.5, 0.6) is 0 Å². The molecule has 128 valence electrons. The number of nitrogens with zero attached hydrogens (tertiary/aromatic N) is 3. The van der Waals surface area contributed by atoms with E-state index < -0.39 is 0 Å². The number of carbonyl (C=O) groups is 1. The van der Waals surface area contributed by atoms with E-state index in [0.717, 1.165) is 22.9 Å². The Morgan fingerprint density at radius 1 is 1.00 bits per heavy atom. The topological polar surface area (TPSA) is 46.1 Å². The third-order valence-corrected chi connectivity index (χ3v) is 5.96. The highest BCUT2D eigenvalue weighted by atomic mass is 32.1. The Hall–Kier alpha value is -2.79. The fraction of sp³-hybridized carbons (Fsp3) is 0.190. The second kappa shape index (κ2) is 6.18. The molecule has 5 rings (SSSR count). The Balaban J connectivity index is 1.52. The summed E-state index contributed by atoms with van der Waals surface area (Å²) in [6.45, 7) is 0. The Labute approximate surface area is 156 Å². The van der Waals surface area contributed by atoms with Crippen LogP contribution in [-0.4, -0.2) is 27.2 Å². The number of hydrogen-bond acceptors (Lipinski definition) is 5. The van der Waals surface area contributed by atoms with Crippen molar-refractivity contribution in [1.82, 2.24) is 9.36 Å². The van der Waals surface area contributed by atoms with Gasteiger partial charge in [0.15, 0.2) is 11.6 Å². The van der Waals surface area contributed by atoms with Crippen LogP contribution < -0.4 is 4.90 Å². The van der Waals surface area contributed by atoms with Gasteiger partial charge in [-0.15, -0.1) is 0 Å². The lowest BCUT2D eigenvalue weighted by Crippen LogP contribution is -2.43. The van der Waals surface area contributed by atoms with Crippen molar-refractivity contribution >= 4 is 22.4 Å². The van der Waals surface area contributed by atoms with Crippen LogP contribution >= 0.6 is 11.5 Å². The number of aromatic nitrogens is 2. The number of fused-ring (bicyclic) bond motifs is 2. The number of rotatable bonds is 3. The van der Waals surface area contributed by atoms with Gasteiger partial charge in [0.05, 0.1) is 12.1 Å². The number of hydrogen-bond donors (Lipinski definition) is 0. The molecule has 3 atom stereocenters. The van der Waals surface area contributed by atoms with Crippen molar-refractivity contribution in [2.75, 3.05) is 4.90 Å². The van der Waals surface area contributed by atoms with Gasteiger partial charge in [-0.25, -0.2) is 0 Å². The van der Waals surface area contributed by atoms with Gasteiger partial charge < -0.3 is 4.90 Å². The number of ketones is 1. The molecule has 1 saturated heterocycles. The van der Waals surface area contributed by atoms with Gasteiger partial charge >= 0.3 is 0 Å². The summed E-state index contributed by atoms with van der Waals surface area (Å²) in [6, 6.07) is 20.4. The summed E-state index contributed by atoms with van der Waals surface area (Å²) in [7, 11) is 0. The van der Waals surface area contributed by atoms with Gasteiger partial charge in [0.25, 0.3) is 0 Å². The van der Waals surface area contributed by atoms with Gasteiger partial charge in [-0.1, -0.05) is 66.7 Å². The van der Waals surface area contributed by atoms with Crippen LogP contribution in [0.25, 0.3) is 11.4 Å². The molecule has 0 saturated carbocycles. The van der Waals surface area contributed by atoms with Crippen LogP contribution in [0.15, 0.2) is 72.8 Å². The van der Waals surface area contributed by atoms with E-state index in [1.165, 1.54) is 17.1 Å². The maximum absolute atomic E-state index is 12.5. The fourth-order valence-electron chi connectivity index (χ4n) is 4.00. The SMILES string of the molecule is O=C1C=CC2C(c3ccccc3)CC1N2c1nc(-c2ccccc2)ns1. The van der Waals surface area contributed by atoms with Crippen molar-refractivity contribution in [2.45, 2.75) is 24.4 Å². The molecule has 26 heavy (non-hydrogen) atoms. The quantitative estimate of drug-likeness (QED) is 0.707. The lowest BCUT2D eigenvalue weighted by molar-refractivity contribution is -0.115. The Morgan fingerprint density at radius 3 is 2.50 bits per heavy atom. The van der Waals surface area contributed by atoms with Crippen LogP contribution in [0.3, 0.4) is 0 Å². The van der Waals surface area contributed by atoms with Crippen LogP contribution in [0, 0.1) is 0 Å². The second-order valence-corrected chi connectivity index (χ2v) is 7.42. The van der Waals surface area contributed by atoms with E-state index in [1.54, 1.807) is 6.08 Å². The zero-order valence-corrected chi connectivity index (χ0v) is 14.8. The van der Waals surface area contributed by atoms with Crippen molar-refractivity contribution in [2.24, 2.45) is 0 Å². The van der Waals surface area contributed by atoms with E-state index in [-0.39, 0.29) is 17.9 Å². The smallest absolute Gasteiger partial charge is 0.206 e. The Bertz CT molecular complexity index is 967. The molecule has 2 bridgehead atoms. The molecule has 2 aromatic carbocycles. The maximum Gasteiger partial charge on any atom is 0.206 e. The molecule has 2 aliphatic heterocycles. The van der Waals surface area contributed by atoms with Gasteiger partial charge in [0.1, 0.15) is 0 Å². The van der Waals surface area contributed by atoms with Gasteiger partial charge in [0.2, 0.25) is 5.13 Å². The molecule has 0 N–H and O–H groups in total. The van der Waals surface area contributed by atoms with Crippen LogP contribution in [0.2, 0.25) is 0 Å². The lowest BCUT2D eigenvalue weighted by Gasteiger charge is -2.30. The van der Waals surface area contributed by atoms with Crippen molar-refractivity contribution in [3.05, 3.63) is 78.4 Å². The molecule has 0 spiro atoms. The predicted molar refractivity (Wildman–Crippen MR) is 103 cm³/mol. The summed E-state index contributed by atoms with van der Waals surface area (Å²) < 4.78 is 4.53. The molecule has 2 aliphatic rings. The summed E-state index contributed by atoms with van der Waals surface area (Å²) in [5.41, 5.74) is 2.28. The molecule has 0 radical (unpaired) electrons. The van der Waals surface area contributed by atoms with Gasteiger partial charge in [-0.05, 0) is 18.1 Å². The first-order valence-electron chi connectivity index (χ1n) is 8.76. The van der Waals surface area contributed by atoms with Crippen molar-refractivity contribution in [3.63, 3.8) is 0 Å². The molecule has 5 heteroatoms. The monoisotopic (exact) mass is 359 g/mol. The summed E-state index contributed by atoms with van der Waals surface area (Å²) in [6.07, 6.45) is 4.60. The largest absolute Gasteiger partial charge is 0.329 e. The van der Waals surface area contributed by atoms with Crippen LogP contribution in [0.1, 0.15) is 17.9 Å². The predicted octanol–water partition coefficient (Wildman–Crippen LogP) is 4.08. The van der Waals surface area contributed by atoms with Crippen molar-refractivity contribution in [3.8, 4) is 11.4 Å². The van der Waals surface area contributed by atoms with Gasteiger partial charge in [-0.3, -0.25) is 4.79 Å². The van der Waals surface area contributed by atoms with E-state index in [0.29, 0.717) is 5.92 Å². The average Bonchev–Trinajstić information content (AvgIpc) is 3.28. The summed E-state index contributed by atoms with van der Waals surface area (Å²) in [5, 5.41) is 0.829. The summed E-state index contributed by atoms with van der Waals surface area (Å²) in [5.74, 6) is 1.19. The third-order valence-electron chi connectivity index (χ3n) is 5.23. The Morgan fingerprint density at radius 2 is 1.73 bits per heavy atom. The molecule has 0 aliphatic carbocycles. The number of anilines is 1. The lowest BCUT2D eigenvalue weighted by atomic mass is 9.92. The van der Waals surface area contributed by atoms with Crippen LogP contribution in [-0.2, 0) is 4.79 Å². The standard InChI is InChI=1S/C21H17N3OS/c25-19-12-11-17-16(14-7-3-1-4-8-14)13-18(19)24(17)21-22-20(23-26-21)15-9-5-2-6-10-15/h1-12,16-18H,13H2. The molecule has 3 heterocycles. The molecule has 4 nitrogen and oxygen atoms in total. The maximum atomic E-state index is 12.5. The van der Waals surface area contributed by atoms with E-state index >= 15 is 0 Å². The van der Waals surface area contributed by atoms with E-state index in [4.69, 9.17) is 4.98 Å². The first kappa shape index (κ1) is 15.5. The summed E-state index contributed by atoms with van der Waals surface area (Å²) >= 11 is 1.38. The first-order chi connectivity index (χ1) is 12.8. The highest BCUT2D eigenvalue weighted by molar-refractivity contribution is 7.10. The molecule has 1 fully saturated rings. The van der Waals surface area contributed by atoms with E-state index in [9.17, 15) is 4.79 Å². The molecule has 0 amide bonds. The molecule has 3 unspecified atom stereocenters. The molecule has 1 aromatic heterocycles. The number of benzene rings is 2. The van der Waals surface area contributed by atoms with Crippen molar-refractivity contribution in [1.29, 1.82) is 0 Å². The highest BCUT2D eigenvalue weighted by Gasteiger charge is 2.47. The van der Waals surface area contributed by atoms with Gasteiger partial charge in [0, 0.05) is 23.0 Å². The second-order valence-electron chi connectivity index (χ2n) is 6.69.